The molecule has 2 aromatic rings. The van der Waals surface area contributed by atoms with Crippen molar-refractivity contribution in [3.05, 3.63) is 58.4 Å². The minimum atomic E-state index is -0.256. The van der Waals surface area contributed by atoms with Gasteiger partial charge in [0.1, 0.15) is 5.82 Å². The number of hydrogen-bond donors (Lipinski definition) is 2. The monoisotopic (exact) mass is 290 g/mol. The Morgan fingerprint density at radius 3 is 2.75 bits per heavy atom. The van der Waals surface area contributed by atoms with E-state index in [1.807, 2.05) is 6.07 Å². The molecule has 1 amide bonds. The lowest BCUT2D eigenvalue weighted by Gasteiger charge is -2.10. The molecule has 3 rings (SSSR count). The fourth-order valence-electron chi connectivity index (χ4n) is 2.18. The molecule has 1 aliphatic heterocycles. The number of nitrogens with one attached hydrogen (secondary N) is 2. The van der Waals surface area contributed by atoms with Gasteiger partial charge in [-0.2, -0.15) is 0 Å². The van der Waals surface area contributed by atoms with Crippen molar-refractivity contribution in [3.63, 3.8) is 0 Å². The van der Waals surface area contributed by atoms with Crippen LogP contribution in [0.15, 0.2) is 36.4 Å². The van der Waals surface area contributed by atoms with Crippen molar-refractivity contribution in [2.45, 2.75) is 13.0 Å². The topological polar surface area (TPSA) is 41.1 Å². The van der Waals surface area contributed by atoms with Gasteiger partial charge in [0.05, 0.1) is 17.1 Å². The van der Waals surface area contributed by atoms with Crippen LogP contribution in [0.3, 0.4) is 0 Å². The zero-order valence-electron chi connectivity index (χ0n) is 10.5. The molecule has 0 saturated heterocycles. The van der Waals surface area contributed by atoms with Gasteiger partial charge in [0.15, 0.2) is 0 Å². The molecule has 0 bridgehead atoms. The lowest BCUT2D eigenvalue weighted by molar-refractivity contribution is -0.115. The number of carbonyl (C=O) groups is 1. The van der Waals surface area contributed by atoms with E-state index in [0.29, 0.717) is 18.0 Å². The smallest absolute Gasteiger partial charge is 0.228 e. The molecule has 5 heteroatoms. The van der Waals surface area contributed by atoms with Crippen LogP contribution >= 0.6 is 11.6 Å². The van der Waals surface area contributed by atoms with Crippen LogP contribution in [0.1, 0.15) is 11.1 Å². The molecule has 0 aliphatic carbocycles. The van der Waals surface area contributed by atoms with Crippen molar-refractivity contribution >= 4 is 28.9 Å². The van der Waals surface area contributed by atoms with Gasteiger partial charge in [-0.3, -0.25) is 4.79 Å². The maximum absolute atomic E-state index is 12.8. The summed E-state index contributed by atoms with van der Waals surface area (Å²) in [7, 11) is 0. The van der Waals surface area contributed by atoms with Gasteiger partial charge >= 0.3 is 0 Å². The van der Waals surface area contributed by atoms with E-state index in [4.69, 9.17) is 11.6 Å². The molecule has 1 heterocycles. The fourth-order valence-corrected chi connectivity index (χ4v) is 2.41. The first kappa shape index (κ1) is 12.9. The standard InChI is InChI=1S/C15H12ClFN2O/c16-12-7-13-10(6-15(20)19-13)5-14(12)18-8-9-1-3-11(17)4-2-9/h1-5,7,18H,6,8H2,(H,19,20). The normalized spacial score (nSPS) is 13.0. The summed E-state index contributed by atoms with van der Waals surface area (Å²) in [6, 6.07) is 9.89. The van der Waals surface area contributed by atoms with Crippen LogP contribution in [0, 0.1) is 5.82 Å². The molecule has 0 atom stereocenters. The molecule has 0 aromatic heterocycles. The molecular formula is C15H12ClFN2O. The number of carbonyl (C=O) groups excluding carboxylic acids is 1. The van der Waals surface area contributed by atoms with Crippen molar-refractivity contribution in [1.29, 1.82) is 0 Å². The van der Waals surface area contributed by atoms with Crippen LogP contribution in [0.2, 0.25) is 5.02 Å². The SMILES string of the molecule is O=C1Cc2cc(NCc3ccc(F)cc3)c(Cl)cc2N1. The first-order chi connectivity index (χ1) is 9.61. The Labute approximate surface area is 120 Å². The second kappa shape index (κ2) is 5.13. The van der Waals surface area contributed by atoms with Gasteiger partial charge < -0.3 is 10.6 Å². The Hall–Kier alpha value is -2.07. The van der Waals surface area contributed by atoms with E-state index in [2.05, 4.69) is 10.6 Å². The summed E-state index contributed by atoms with van der Waals surface area (Å²) in [4.78, 5) is 11.3. The first-order valence-corrected chi connectivity index (χ1v) is 6.60. The average molecular weight is 291 g/mol. The van der Waals surface area contributed by atoms with Crippen LogP contribution in [0.5, 0.6) is 0 Å². The van der Waals surface area contributed by atoms with Gasteiger partial charge in [-0.25, -0.2) is 4.39 Å². The summed E-state index contributed by atoms with van der Waals surface area (Å²) in [6.07, 6.45) is 0.373. The Bertz CT molecular complexity index is 670. The quantitative estimate of drug-likeness (QED) is 0.907. The number of halogens is 2. The highest BCUT2D eigenvalue weighted by atomic mass is 35.5. The van der Waals surface area contributed by atoms with Crippen molar-refractivity contribution in [1.82, 2.24) is 0 Å². The molecule has 1 aliphatic rings. The molecular weight excluding hydrogens is 279 g/mol. The Morgan fingerprint density at radius 1 is 1.25 bits per heavy atom. The molecule has 3 nitrogen and oxygen atoms in total. The summed E-state index contributed by atoms with van der Waals surface area (Å²) in [5.41, 5.74) is 3.43. The maximum atomic E-state index is 12.8. The lowest BCUT2D eigenvalue weighted by atomic mass is 10.1. The van der Waals surface area contributed by atoms with Crippen LogP contribution in [-0.4, -0.2) is 5.91 Å². The van der Waals surface area contributed by atoms with Gasteiger partial charge in [-0.15, -0.1) is 0 Å². The highest BCUT2D eigenvalue weighted by molar-refractivity contribution is 6.33. The predicted molar refractivity (Wildman–Crippen MR) is 77.5 cm³/mol. The molecule has 0 spiro atoms. The van der Waals surface area contributed by atoms with Crippen LogP contribution in [0.4, 0.5) is 15.8 Å². The van der Waals surface area contributed by atoms with Gasteiger partial charge in [0.2, 0.25) is 5.91 Å². The van der Waals surface area contributed by atoms with Crippen molar-refractivity contribution < 1.29 is 9.18 Å². The molecule has 0 radical (unpaired) electrons. The Morgan fingerprint density at radius 2 is 2.00 bits per heavy atom. The van der Waals surface area contributed by atoms with E-state index in [-0.39, 0.29) is 11.7 Å². The van der Waals surface area contributed by atoms with Gasteiger partial charge in [0.25, 0.3) is 0 Å². The van der Waals surface area contributed by atoms with E-state index in [1.54, 1.807) is 18.2 Å². The van der Waals surface area contributed by atoms with E-state index >= 15 is 0 Å². The number of rotatable bonds is 3. The van der Waals surface area contributed by atoms with E-state index in [1.165, 1.54) is 12.1 Å². The summed E-state index contributed by atoms with van der Waals surface area (Å²) >= 11 is 6.17. The van der Waals surface area contributed by atoms with Crippen molar-refractivity contribution in [2.75, 3.05) is 10.6 Å². The van der Waals surface area contributed by atoms with E-state index in [9.17, 15) is 9.18 Å². The molecule has 0 saturated carbocycles. The summed E-state index contributed by atoms with van der Waals surface area (Å²) in [5.74, 6) is -0.277. The summed E-state index contributed by atoms with van der Waals surface area (Å²) < 4.78 is 12.8. The summed E-state index contributed by atoms with van der Waals surface area (Å²) in [5, 5.41) is 6.50. The van der Waals surface area contributed by atoms with Crippen LogP contribution in [-0.2, 0) is 17.8 Å². The third-order valence-electron chi connectivity index (χ3n) is 3.21. The second-order valence-electron chi connectivity index (χ2n) is 4.69. The van der Waals surface area contributed by atoms with Crippen LogP contribution < -0.4 is 10.6 Å². The van der Waals surface area contributed by atoms with Gasteiger partial charge in [-0.05, 0) is 35.4 Å². The number of anilines is 2. The third kappa shape index (κ3) is 2.60. The molecule has 0 unspecified atom stereocenters. The van der Waals surface area contributed by atoms with Gasteiger partial charge in [0, 0.05) is 12.2 Å². The zero-order valence-corrected chi connectivity index (χ0v) is 11.3. The predicted octanol–water partition coefficient (Wildman–Crippen LogP) is 3.59. The number of benzene rings is 2. The van der Waals surface area contributed by atoms with E-state index in [0.717, 1.165) is 22.5 Å². The fraction of sp³-hybridized carbons (Fsp3) is 0.133. The number of fused-ring (bicyclic) bond motifs is 1. The third-order valence-corrected chi connectivity index (χ3v) is 3.53. The van der Waals surface area contributed by atoms with Gasteiger partial charge in [-0.1, -0.05) is 23.7 Å². The Kier molecular flexibility index (Phi) is 3.32. The van der Waals surface area contributed by atoms with Crippen molar-refractivity contribution in [2.24, 2.45) is 0 Å². The second-order valence-corrected chi connectivity index (χ2v) is 5.10. The molecule has 2 aromatic carbocycles. The lowest BCUT2D eigenvalue weighted by Crippen LogP contribution is -2.03. The minimum Gasteiger partial charge on any atom is -0.380 e. The average Bonchev–Trinajstić information content (AvgIpc) is 2.77. The largest absolute Gasteiger partial charge is 0.380 e. The first-order valence-electron chi connectivity index (χ1n) is 6.22. The maximum Gasteiger partial charge on any atom is 0.228 e. The number of amides is 1. The molecule has 20 heavy (non-hydrogen) atoms. The molecule has 0 fully saturated rings. The van der Waals surface area contributed by atoms with Crippen LogP contribution in [0.25, 0.3) is 0 Å². The molecule has 102 valence electrons. The van der Waals surface area contributed by atoms with E-state index < -0.39 is 0 Å². The van der Waals surface area contributed by atoms with Crippen molar-refractivity contribution in [3.8, 4) is 0 Å². The number of hydrogen-bond acceptors (Lipinski definition) is 2. The minimum absolute atomic E-state index is 0.0215. The highest BCUT2D eigenvalue weighted by Gasteiger charge is 2.19. The molecule has 2 N–H and O–H groups in total. The Balaban J connectivity index is 1.76. The summed E-state index contributed by atoms with van der Waals surface area (Å²) in [6.45, 7) is 0.542. The highest BCUT2D eigenvalue weighted by Crippen LogP contribution is 2.33. The zero-order chi connectivity index (χ0) is 14.1.